The number of nitriles is 1. The average Bonchev–Trinajstić information content (AvgIpc) is 3.27. The number of hydrogen-bond donors (Lipinski definition) is 1. The first kappa shape index (κ1) is 18.3. The van der Waals surface area contributed by atoms with E-state index in [-0.39, 0.29) is 11.7 Å². The van der Waals surface area contributed by atoms with Crippen molar-refractivity contribution in [1.29, 1.82) is 5.26 Å². The van der Waals surface area contributed by atoms with Crippen LogP contribution in [0.1, 0.15) is 24.8 Å². The predicted molar refractivity (Wildman–Crippen MR) is 101 cm³/mol. The van der Waals surface area contributed by atoms with Crippen molar-refractivity contribution in [1.82, 2.24) is 14.9 Å². The number of ether oxygens (including phenoxy) is 1. The van der Waals surface area contributed by atoms with Crippen molar-refractivity contribution in [3.63, 3.8) is 0 Å². The molecule has 1 saturated carbocycles. The van der Waals surface area contributed by atoms with E-state index in [0.29, 0.717) is 42.5 Å². The summed E-state index contributed by atoms with van der Waals surface area (Å²) in [5.41, 5.74) is 1.31. The molecule has 0 atom stereocenters. The number of nitrogens with one attached hydrogen (secondary N) is 1. The molecule has 0 saturated heterocycles. The van der Waals surface area contributed by atoms with Crippen molar-refractivity contribution in [2.24, 2.45) is 5.92 Å². The van der Waals surface area contributed by atoms with Gasteiger partial charge in [0.1, 0.15) is 11.1 Å². The third-order valence-corrected chi connectivity index (χ3v) is 6.71. The lowest BCUT2D eigenvalue weighted by atomic mass is 9.83. The Morgan fingerprint density at radius 3 is 2.93 bits per heavy atom. The number of hydrogen-bond acceptors (Lipinski definition) is 7. The van der Waals surface area contributed by atoms with Crippen LogP contribution in [-0.4, -0.2) is 35.7 Å². The number of aromatic nitrogens is 3. The molecule has 1 aliphatic carbocycles. The summed E-state index contributed by atoms with van der Waals surface area (Å²) in [7, 11) is -2.11. The van der Waals surface area contributed by atoms with Gasteiger partial charge in [0.25, 0.3) is 0 Å². The molecule has 2 aromatic heterocycles. The van der Waals surface area contributed by atoms with E-state index in [9.17, 15) is 8.42 Å². The second-order valence-corrected chi connectivity index (χ2v) is 8.84. The lowest BCUT2D eigenvalue weighted by Gasteiger charge is -2.33. The molecule has 3 aromatic rings. The molecule has 1 N–H and O–H groups in total. The minimum Gasteiger partial charge on any atom is -0.496 e. The average molecular weight is 401 g/mol. The van der Waals surface area contributed by atoms with E-state index in [1.54, 1.807) is 16.9 Å². The number of rotatable bonds is 7. The molecule has 4 rings (SSSR count). The molecular formula is C18H19N5O4S. The summed E-state index contributed by atoms with van der Waals surface area (Å²) in [5.74, 6) is 0.718. The van der Waals surface area contributed by atoms with Crippen molar-refractivity contribution < 1.29 is 17.7 Å². The second kappa shape index (κ2) is 7.16. The molecule has 0 amide bonds. The Kier molecular flexibility index (Phi) is 4.68. The quantitative estimate of drug-likeness (QED) is 0.645. The zero-order valence-corrected chi connectivity index (χ0v) is 16.0. The van der Waals surface area contributed by atoms with Gasteiger partial charge in [0.2, 0.25) is 10.0 Å². The number of methoxy groups -OCH3 is 1. The Morgan fingerprint density at radius 2 is 2.25 bits per heavy atom. The van der Waals surface area contributed by atoms with Crippen LogP contribution in [0.2, 0.25) is 0 Å². The Hall–Kier alpha value is -3.06. The van der Waals surface area contributed by atoms with Crippen LogP contribution in [0, 0.1) is 17.2 Å². The molecule has 0 unspecified atom stereocenters. The molecule has 2 heterocycles. The molecule has 0 bridgehead atoms. The molecule has 1 fully saturated rings. The fourth-order valence-electron chi connectivity index (χ4n) is 3.43. The van der Waals surface area contributed by atoms with Crippen molar-refractivity contribution in [2.45, 2.75) is 31.1 Å². The lowest BCUT2D eigenvalue weighted by Crippen LogP contribution is -2.39. The summed E-state index contributed by atoms with van der Waals surface area (Å²) >= 11 is 0. The molecule has 146 valence electrons. The summed E-state index contributed by atoms with van der Waals surface area (Å²) in [5, 5.41) is 16.7. The Balaban J connectivity index is 1.59. The molecular weight excluding hydrogens is 382 g/mol. The van der Waals surface area contributed by atoms with Gasteiger partial charge in [-0.2, -0.15) is 10.4 Å². The van der Waals surface area contributed by atoms with Crippen molar-refractivity contribution in [2.75, 3.05) is 11.8 Å². The maximum atomic E-state index is 12.6. The highest BCUT2D eigenvalue weighted by molar-refractivity contribution is 7.93. The van der Waals surface area contributed by atoms with Gasteiger partial charge in [0.15, 0.2) is 11.4 Å². The van der Waals surface area contributed by atoms with Gasteiger partial charge in [-0.25, -0.2) is 8.42 Å². The van der Waals surface area contributed by atoms with E-state index < -0.39 is 15.3 Å². The maximum Gasteiger partial charge on any atom is 0.236 e. The number of sulfonamides is 1. The van der Waals surface area contributed by atoms with Gasteiger partial charge in [0.05, 0.1) is 25.0 Å². The second-order valence-electron chi connectivity index (χ2n) is 6.87. The molecule has 0 spiro atoms. The van der Waals surface area contributed by atoms with E-state index in [0.717, 1.165) is 5.56 Å². The molecule has 9 nitrogen and oxygen atoms in total. The van der Waals surface area contributed by atoms with Gasteiger partial charge in [0, 0.05) is 18.8 Å². The Bertz CT molecular complexity index is 1120. The van der Waals surface area contributed by atoms with E-state index in [4.69, 9.17) is 14.5 Å². The van der Waals surface area contributed by atoms with Gasteiger partial charge in [-0.1, -0.05) is 5.16 Å². The van der Waals surface area contributed by atoms with E-state index >= 15 is 0 Å². The van der Waals surface area contributed by atoms with Crippen LogP contribution in [0.15, 0.2) is 35.1 Å². The third-order valence-electron chi connectivity index (χ3n) is 4.97. The van der Waals surface area contributed by atoms with Crippen LogP contribution in [-0.2, 0) is 16.6 Å². The highest BCUT2D eigenvalue weighted by atomic mass is 32.2. The molecule has 0 radical (unpaired) electrons. The highest BCUT2D eigenvalue weighted by Gasteiger charge is 2.39. The smallest absolute Gasteiger partial charge is 0.236 e. The Morgan fingerprint density at radius 1 is 1.43 bits per heavy atom. The van der Waals surface area contributed by atoms with Crippen LogP contribution in [0.5, 0.6) is 5.75 Å². The van der Waals surface area contributed by atoms with Gasteiger partial charge in [-0.3, -0.25) is 9.40 Å². The summed E-state index contributed by atoms with van der Waals surface area (Å²) in [6.07, 6.45) is 4.87. The predicted octanol–water partition coefficient (Wildman–Crippen LogP) is 2.52. The number of nitrogens with zero attached hydrogens (tertiary/aromatic N) is 4. The van der Waals surface area contributed by atoms with Crippen LogP contribution >= 0.6 is 0 Å². The fourth-order valence-corrected chi connectivity index (χ4v) is 5.06. The summed E-state index contributed by atoms with van der Waals surface area (Å²) in [4.78, 5) is 0. The molecule has 10 heteroatoms. The maximum absolute atomic E-state index is 12.6. The first-order valence-electron chi connectivity index (χ1n) is 8.82. The van der Waals surface area contributed by atoms with Crippen LogP contribution in [0.3, 0.4) is 0 Å². The van der Waals surface area contributed by atoms with Gasteiger partial charge in [-0.05, 0) is 42.5 Å². The standard InChI is InChI=1S/C18H19N5O4S/c1-26-15-9-13(11-23-6-2-5-20-23)10-16-17(15)18(21-27-16)22-28(24,25)14-7-12(8-14)3-4-19/h2,5-6,9-10,12,14H,3,7-8,11H2,1H3,(H,21,22). The number of benzene rings is 1. The molecule has 28 heavy (non-hydrogen) atoms. The zero-order valence-electron chi connectivity index (χ0n) is 15.2. The minimum atomic E-state index is -3.62. The molecule has 0 aliphatic heterocycles. The first-order valence-corrected chi connectivity index (χ1v) is 10.4. The summed E-state index contributed by atoms with van der Waals surface area (Å²) < 4.78 is 40.3. The van der Waals surface area contributed by atoms with Gasteiger partial charge in [-0.15, -0.1) is 0 Å². The van der Waals surface area contributed by atoms with Crippen LogP contribution < -0.4 is 9.46 Å². The minimum absolute atomic E-state index is 0.112. The van der Waals surface area contributed by atoms with Gasteiger partial charge >= 0.3 is 0 Å². The van der Waals surface area contributed by atoms with Crippen LogP contribution in [0.25, 0.3) is 11.0 Å². The van der Waals surface area contributed by atoms with Crippen molar-refractivity contribution >= 4 is 26.8 Å². The monoisotopic (exact) mass is 401 g/mol. The zero-order chi connectivity index (χ0) is 19.7. The number of anilines is 1. The van der Waals surface area contributed by atoms with Crippen LogP contribution in [0.4, 0.5) is 5.82 Å². The highest BCUT2D eigenvalue weighted by Crippen LogP contribution is 2.38. The van der Waals surface area contributed by atoms with Crippen molar-refractivity contribution in [3.8, 4) is 11.8 Å². The van der Waals surface area contributed by atoms with Crippen molar-refractivity contribution in [3.05, 3.63) is 36.2 Å². The summed E-state index contributed by atoms with van der Waals surface area (Å²) in [6.45, 7) is 0.517. The largest absolute Gasteiger partial charge is 0.496 e. The Labute approximate surface area is 161 Å². The molecule has 1 aliphatic rings. The fraction of sp³-hybridized carbons (Fsp3) is 0.389. The molecule has 1 aromatic carbocycles. The third kappa shape index (κ3) is 3.41. The number of fused-ring (bicyclic) bond motifs is 1. The van der Waals surface area contributed by atoms with E-state index in [1.807, 2.05) is 18.3 Å². The summed E-state index contributed by atoms with van der Waals surface area (Å²) in [6, 6.07) is 7.51. The van der Waals surface area contributed by atoms with Gasteiger partial charge < -0.3 is 9.26 Å². The lowest BCUT2D eigenvalue weighted by molar-refractivity contribution is 0.323. The van der Waals surface area contributed by atoms with E-state index in [1.165, 1.54) is 7.11 Å². The topological polar surface area (TPSA) is 123 Å². The van der Waals surface area contributed by atoms with E-state index in [2.05, 4.69) is 21.0 Å². The normalized spacial score (nSPS) is 19.1. The first-order chi connectivity index (χ1) is 13.5. The SMILES string of the molecule is COc1cc(Cn2cccn2)cc2onc(NS(=O)(=O)C3CC(CC#N)C3)c12.